The molecule has 5 heteroatoms. The van der Waals surface area contributed by atoms with Crippen LogP contribution in [-0.2, 0) is 4.79 Å². The SMILES string of the molecule is Cc1cc(/C=C2\SC(Nc3ccccc3)N([C@@H]3CCCC[C@@H]3C)C2=O)c(C)n1-c1ccccc1. The van der Waals surface area contributed by atoms with Gasteiger partial charge in [0.15, 0.2) is 5.50 Å². The highest BCUT2D eigenvalue weighted by molar-refractivity contribution is 8.05. The number of aromatic nitrogens is 1. The van der Waals surface area contributed by atoms with Crippen molar-refractivity contribution < 1.29 is 4.79 Å². The molecule has 1 amide bonds. The van der Waals surface area contributed by atoms with E-state index < -0.39 is 0 Å². The Morgan fingerprint density at radius 2 is 1.65 bits per heavy atom. The number of nitrogens with zero attached hydrogens (tertiary/aromatic N) is 2. The standard InChI is InChI=1S/C29H33N3OS/c1-20-12-10-11-17-26(20)32-28(33)27(34-29(32)30-24-13-6-4-7-14-24)19-23-18-21(2)31(22(23)3)25-15-8-5-9-16-25/h4-9,13-16,18-20,26,29-30H,10-12,17H2,1-3H3/b27-19-/t20-,26+,29?/m0/s1. The minimum atomic E-state index is -0.0932. The fourth-order valence-electron chi connectivity index (χ4n) is 5.42. The second kappa shape index (κ2) is 9.75. The smallest absolute Gasteiger partial charge is 0.262 e. The van der Waals surface area contributed by atoms with E-state index in [0.717, 1.165) is 34.0 Å². The normalized spacial score (nSPS) is 24.1. The maximum absolute atomic E-state index is 13.8. The number of rotatable bonds is 5. The summed E-state index contributed by atoms with van der Waals surface area (Å²) in [6.07, 6.45) is 6.82. The van der Waals surface area contributed by atoms with E-state index in [0.29, 0.717) is 5.92 Å². The zero-order valence-corrected chi connectivity index (χ0v) is 21.0. The molecule has 1 aliphatic carbocycles. The molecule has 2 aliphatic rings. The third-order valence-electron chi connectivity index (χ3n) is 7.20. The molecule has 1 aliphatic heterocycles. The number of hydrogen-bond acceptors (Lipinski definition) is 3. The van der Waals surface area contributed by atoms with Crippen LogP contribution < -0.4 is 5.32 Å². The van der Waals surface area contributed by atoms with Crippen LogP contribution in [0.5, 0.6) is 0 Å². The number of thioether (sulfide) groups is 1. The molecule has 0 radical (unpaired) electrons. The van der Waals surface area contributed by atoms with Crippen molar-refractivity contribution in [3.8, 4) is 5.69 Å². The van der Waals surface area contributed by atoms with Crippen molar-refractivity contribution in [3.63, 3.8) is 0 Å². The van der Waals surface area contributed by atoms with Gasteiger partial charge in [0.05, 0.1) is 4.91 Å². The Labute approximate surface area is 207 Å². The van der Waals surface area contributed by atoms with E-state index >= 15 is 0 Å². The molecular formula is C29H33N3OS. The Hall–Kier alpha value is -2.92. The number of nitrogens with one attached hydrogen (secondary N) is 1. The van der Waals surface area contributed by atoms with Gasteiger partial charge in [-0.3, -0.25) is 4.79 Å². The topological polar surface area (TPSA) is 37.3 Å². The van der Waals surface area contributed by atoms with Gasteiger partial charge in [-0.2, -0.15) is 0 Å². The summed E-state index contributed by atoms with van der Waals surface area (Å²) >= 11 is 1.65. The number of amides is 1. The van der Waals surface area contributed by atoms with Gasteiger partial charge in [0.1, 0.15) is 0 Å². The summed E-state index contributed by atoms with van der Waals surface area (Å²) in [5.41, 5.74) is 5.53. The first-order valence-corrected chi connectivity index (χ1v) is 13.2. The summed E-state index contributed by atoms with van der Waals surface area (Å²) in [6, 6.07) is 23.1. The minimum Gasteiger partial charge on any atom is -0.356 e. The number of aryl methyl sites for hydroxylation is 1. The van der Waals surface area contributed by atoms with E-state index in [1.807, 2.05) is 24.3 Å². The molecule has 1 saturated carbocycles. The number of benzene rings is 2. The van der Waals surface area contributed by atoms with E-state index in [1.54, 1.807) is 11.8 Å². The van der Waals surface area contributed by atoms with Gasteiger partial charge in [-0.05, 0) is 74.6 Å². The van der Waals surface area contributed by atoms with E-state index in [1.165, 1.54) is 25.0 Å². The minimum absolute atomic E-state index is 0.0932. The molecule has 1 aromatic heterocycles. The Bertz CT molecular complexity index is 1180. The monoisotopic (exact) mass is 471 g/mol. The largest absolute Gasteiger partial charge is 0.356 e. The molecule has 4 nitrogen and oxygen atoms in total. The van der Waals surface area contributed by atoms with Gasteiger partial charge in [-0.25, -0.2) is 0 Å². The second-order valence-electron chi connectivity index (χ2n) is 9.53. The molecule has 3 aromatic rings. The molecule has 3 atom stereocenters. The maximum atomic E-state index is 13.8. The van der Waals surface area contributed by atoms with Gasteiger partial charge in [0, 0.05) is 28.8 Å². The zero-order valence-electron chi connectivity index (χ0n) is 20.2. The first kappa shape index (κ1) is 22.9. The van der Waals surface area contributed by atoms with Crippen LogP contribution in [0.1, 0.15) is 49.6 Å². The molecule has 1 saturated heterocycles. The second-order valence-corrected chi connectivity index (χ2v) is 10.7. The average Bonchev–Trinajstić information content (AvgIpc) is 3.30. The number of carbonyl (C=O) groups is 1. The average molecular weight is 472 g/mol. The Kier molecular flexibility index (Phi) is 6.55. The molecule has 2 fully saturated rings. The molecule has 5 rings (SSSR count). The molecular weight excluding hydrogens is 438 g/mol. The maximum Gasteiger partial charge on any atom is 0.262 e. The number of anilines is 1. The molecule has 176 valence electrons. The summed E-state index contributed by atoms with van der Waals surface area (Å²) in [7, 11) is 0. The van der Waals surface area contributed by atoms with Crippen molar-refractivity contribution in [3.05, 3.63) is 88.6 Å². The van der Waals surface area contributed by atoms with Crippen LogP contribution in [0.4, 0.5) is 5.69 Å². The summed E-state index contributed by atoms with van der Waals surface area (Å²) < 4.78 is 2.26. The fourth-order valence-corrected chi connectivity index (χ4v) is 6.62. The highest BCUT2D eigenvalue weighted by Crippen LogP contribution is 2.42. The lowest BCUT2D eigenvalue weighted by molar-refractivity contribution is -0.129. The predicted octanol–water partition coefficient (Wildman–Crippen LogP) is 6.98. The highest BCUT2D eigenvalue weighted by atomic mass is 32.2. The van der Waals surface area contributed by atoms with Crippen molar-refractivity contribution in [2.75, 3.05) is 5.32 Å². The molecule has 1 unspecified atom stereocenters. The molecule has 2 aromatic carbocycles. The van der Waals surface area contributed by atoms with Gasteiger partial charge < -0.3 is 14.8 Å². The lowest BCUT2D eigenvalue weighted by atomic mass is 9.85. The van der Waals surface area contributed by atoms with E-state index in [2.05, 4.69) is 84.1 Å². The quantitative estimate of drug-likeness (QED) is 0.408. The lowest BCUT2D eigenvalue weighted by Gasteiger charge is -2.39. The Morgan fingerprint density at radius 1 is 0.971 bits per heavy atom. The van der Waals surface area contributed by atoms with E-state index in [9.17, 15) is 4.79 Å². The summed E-state index contributed by atoms with van der Waals surface area (Å²) in [5.74, 6) is 0.669. The van der Waals surface area contributed by atoms with Crippen molar-refractivity contribution >= 4 is 29.4 Å². The summed E-state index contributed by atoms with van der Waals surface area (Å²) in [6.45, 7) is 6.56. The van der Waals surface area contributed by atoms with E-state index in [-0.39, 0.29) is 17.4 Å². The fraction of sp³-hybridized carbons (Fsp3) is 0.345. The molecule has 1 N–H and O–H groups in total. The third kappa shape index (κ3) is 4.41. The van der Waals surface area contributed by atoms with Crippen LogP contribution in [0.15, 0.2) is 71.6 Å². The van der Waals surface area contributed by atoms with Crippen LogP contribution in [0.25, 0.3) is 11.8 Å². The lowest BCUT2D eigenvalue weighted by Crippen LogP contribution is -2.48. The van der Waals surface area contributed by atoms with Gasteiger partial charge >= 0.3 is 0 Å². The molecule has 2 heterocycles. The number of hydrogen-bond donors (Lipinski definition) is 1. The van der Waals surface area contributed by atoms with Gasteiger partial charge in [0.25, 0.3) is 5.91 Å². The van der Waals surface area contributed by atoms with Gasteiger partial charge in [-0.15, -0.1) is 0 Å². The van der Waals surface area contributed by atoms with Crippen molar-refractivity contribution in [2.45, 2.75) is 58.0 Å². The highest BCUT2D eigenvalue weighted by Gasteiger charge is 2.43. The molecule has 0 spiro atoms. The number of para-hydroxylation sites is 2. The van der Waals surface area contributed by atoms with Crippen LogP contribution in [0.2, 0.25) is 0 Å². The Balaban J connectivity index is 1.49. The van der Waals surface area contributed by atoms with Crippen LogP contribution in [0, 0.1) is 19.8 Å². The zero-order chi connectivity index (χ0) is 23.7. The van der Waals surface area contributed by atoms with Crippen LogP contribution in [0.3, 0.4) is 0 Å². The first-order chi connectivity index (χ1) is 16.5. The van der Waals surface area contributed by atoms with E-state index in [4.69, 9.17) is 0 Å². The van der Waals surface area contributed by atoms with Gasteiger partial charge in [0.2, 0.25) is 0 Å². The third-order valence-corrected chi connectivity index (χ3v) is 8.31. The Morgan fingerprint density at radius 3 is 2.35 bits per heavy atom. The van der Waals surface area contributed by atoms with Crippen LogP contribution >= 0.6 is 11.8 Å². The molecule has 0 bridgehead atoms. The predicted molar refractivity (Wildman–Crippen MR) is 143 cm³/mol. The summed E-state index contributed by atoms with van der Waals surface area (Å²) in [4.78, 5) is 16.8. The molecule has 34 heavy (non-hydrogen) atoms. The number of carbonyl (C=O) groups excluding carboxylic acids is 1. The van der Waals surface area contributed by atoms with Crippen molar-refractivity contribution in [2.24, 2.45) is 5.92 Å². The van der Waals surface area contributed by atoms with Crippen LogP contribution in [-0.4, -0.2) is 26.9 Å². The summed E-state index contributed by atoms with van der Waals surface area (Å²) in [5, 5.41) is 3.63. The van der Waals surface area contributed by atoms with Crippen molar-refractivity contribution in [1.82, 2.24) is 9.47 Å². The van der Waals surface area contributed by atoms with Gasteiger partial charge in [-0.1, -0.05) is 67.9 Å². The van der Waals surface area contributed by atoms with Crippen molar-refractivity contribution in [1.29, 1.82) is 0 Å². The first-order valence-electron chi connectivity index (χ1n) is 12.3.